The molecule has 6 nitrogen and oxygen atoms in total. The van der Waals surface area contributed by atoms with Crippen molar-refractivity contribution in [1.82, 2.24) is 10.0 Å². The van der Waals surface area contributed by atoms with Crippen LogP contribution in [-0.2, 0) is 10.2 Å². The van der Waals surface area contributed by atoms with Crippen LogP contribution in [0.4, 0.5) is 5.69 Å². The van der Waals surface area contributed by atoms with Crippen LogP contribution in [0, 0.1) is 0 Å². The fraction of sp³-hybridized carbons (Fsp3) is 0.0909. The molecule has 1 aromatic carbocycles. The molecular formula is C11H13N3O3S. The van der Waals surface area contributed by atoms with E-state index in [-0.39, 0.29) is 5.70 Å². The van der Waals surface area contributed by atoms with Crippen LogP contribution in [0.5, 0.6) is 0 Å². The number of hydrogen-bond donors (Lipinski definition) is 4. The highest BCUT2D eigenvalue weighted by atomic mass is 32.2. The number of para-hydroxylation sites is 1. The minimum atomic E-state index is -3.77. The molecule has 18 heavy (non-hydrogen) atoms. The van der Waals surface area contributed by atoms with Crippen LogP contribution in [0.2, 0.25) is 0 Å². The van der Waals surface area contributed by atoms with Crippen molar-refractivity contribution in [3.05, 3.63) is 54.4 Å². The Bertz CT molecular complexity index is 566. The first kappa shape index (κ1) is 12.5. The Morgan fingerprint density at radius 2 is 1.89 bits per heavy atom. The van der Waals surface area contributed by atoms with E-state index in [1.807, 2.05) is 0 Å². The number of aliphatic hydroxyl groups excluding tert-OH is 1. The normalized spacial score (nSPS) is 18.7. The maximum atomic E-state index is 11.8. The van der Waals surface area contributed by atoms with Gasteiger partial charge in [0.15, 0.2) is 6.23 Å². The average molecular weight is 267 g/mol. The predicted molar refractivity (Wildman–Crippen MR) is 68.5 cm³/mol. The van der Waals surface area contributed by atoms with Crippen molar-refractivity contribution in [3.8, 4) is 0 Å². The first-order valence-corrected chi connectivity index (χ1v) is 6.71. The van der Waals surface area contributed by atoms with E-state index in [0.717, 1.165) is 0 Å². The molecule has 0 bridgehead atoms. The van der Waals surface area contributed by atoms with Gasteiger partial charge >= 0.3 is 10.2 Å². The molecule has 0 spiro atoms. The van der Waals surface area contributed by atoms with Crippen molar-refractivity contribution < 1.29 is 13.5 Å². The van der Waals surface area contributed by atoms with Gasteiger partial charge in [-0.3, -0.25) is 9.44 Å². The molecule has 0 saturated carbocycles. The summed E-state index contributed by atoms with van der Waals surface area (Å²) in [5.41, 5.74) is 0.598. The summed E-state index contributed by atoms with van der Waals surface area (Å²) in [7, 11) is -3.77. The summed E-state index contributed by atoms with van der Waals surface area (Å²) in [6.45, 7) is 0. The highest BCUT2D eigenvalue weighted by molar-refractivity contribution is 7.90. The first-order chi connectivity index (χ1) is 8.57. The van der Waals surface area contributed by atoms with E-state index in [0.29, 0.717) is 5.69 Å². The molecule has 1 aliphatic rings. The summed E-state index contributed by atoms with van der Waals surface area (Å²) in [6.07, 6.45) is 3.52. The summed E-state index contributed by atoms with van der Waals surface area (Å²) in [5.74, 6) is 0. The zero-order valence-corrected chi connectivity index (χ0v) is 10.2. The molecule has 1 unspecified atom stereocenters. The van der Waals surface area contributed by atoms with E-state index in [2.05, 4.69) is 14.8 Å². The molecule has 2 rings (SSSR count). The second-order valence-electron chi connectivity index (χ2n) is 3.62. The third kappa shape index (κ3) is 3.25. The number of benzene rings is 1. The Kier molecular flexibility index (Phi) is 3.54. The minimum absolute atomic E-state index is 0.154. The van der Waals surface area contributed by atoms with Gasteiger partial charge < -0.3 is 10.4 Å². The molecule has 0 aliphatic carbocycles. The third-order valence-electron chi connectivity index (χ3n) is 2.20. The van der Waals surface area contributed by atoms with E-state index < -0.39 is 16.4 Å². The average Bonchev–Trinajstić information content (AvgIpc) is 2.32. The number of rotatable bonds is 4. The smallest absolute Gasteiger partial charge is 0.321 e. The maximum absolute atomic E-state index is 11.8. The molecule has 1 aliphatic heterocycles. The van der Waals surface area contributed by atoms with Crippen LogP contribution in [0.15, 0.2) is 54.4 Å². The van der Waals surface area contributed by atoms with Crippen molar-refractivity contribution in [2.24, 2.45) is 0 Å². The van der Waals surface area contributed by atoms with Gasteiger partial charge in [-0.25, -0.2) is 0 Å². The molecule has 96 valence electrons. The second kappa shape index (κ2) is 5.11. The number of hydrogen-bond acceptors (Lipinski definition) is 4. The number of allylic oxidation sites excluding steroid dienone is 2. The van der Waals surface area contributed by atoms with Crippen LogP contribution >= 0.6 is 0 Å². The fourth-order valence-electron chi connectivity index (χ4n) is 1.41. The zero-order chi connectivity index (χ0) is 13.0. The van der Waals surface area contributed by atoms with Crippen LogP contribution < -0.4 is 14.8 Å². The molecule has 0 amide bonds. The highest BCUT2D eigenvalue weighted by Gasteiger charge is 2.17. The van der Waals surface area contributed by atoms with Gasteiger partial charge in [-0.15, -0.1) is 0 Å². The lowest BCUT2D eigenvalue weighted by molar-refractivity contribution is 0.183. The Morgan fingerprint density at radius 1 is 1.17 bits per heavy atom. The van der Waals surface area contributed by atoms with Crippen LogP contribution in [0.25, 0.3) is 0 Å². The van der Waals surface area contributed by atoms with Crippen LogP contribution in [0.1, 0.15) is 0 Å². The molecule has 1 heterocycles. The lowest BCUT2D eigenvalue weighted by Crippen LogP contribution is -2.40. The lowest BCUT2D eigenvalue weighted by Gasteiger charge is -2.19. The summed E-state index contributed by atoms with van der Waals surface area (Å²) in [5, 5.41) is 12.1. The third-order valence-corrected chi connectivity index (χ3v) is 3.21. The summed E-state index contributed by atoms with van der Waals surface area (Å²) in [6, 6.07) is 8.48. The Morgan fingerprint density at radius 3 is 2.56 bits per heavy atom. The van der Waals surface area contributed by atoms with E-state index in [4.69, 9.17) is 0 Å². The van der Waals surface area contributed by atoms with E-state index in [1.165, 1.54) is 12.3 Å². The number of anilines is 1. The van der Waals surface area contributed by atoms with Gasteiger partial charge in [0.1, 0.15) is 0 Å². The molecule has 0 radical (unpaired) electrons. The Labute approximate surface area is 105 Å². The second-order valence-corrected chi connectivity index (χ2v) is 5.04. The van der Waals surface area contributed by atoms with Gasteiger partial charge in [0.2, 0.25) is 0 Å². The van der Waals surface area contributed by atoms with Gasteiger partial charge in [0.05, 0.1) is 11.4 Å². The fourth-order valence-corrected chi connectivity index (χ4v) is 2.40. The van der Waals surface area contributed by atoms with Crippen molar-refractivity contribution in [1.29, 1.82) is 0 Å². The topological polar surface area (TPSA) is 90.5 Å². The molecule has 7 heteroatoms. The summed E-state index contributed by atoms with van der Waals surface area (Å²) >= 11 is 0. The molecule has 0 saturated heterocycles. The molecule has 1 aromatic rings. The standard InChI is InChI=1S/C11H13N3O3S/c15-11-10(7-4-8-12-11)14-18(16,17)13-9-5-2-1-3-6-9/h1-8,11-15H. The van der Waals surface area contributed by atoms with Gasteiger partial charge in [-0.1, -0.05) is 18.2 Å². The van der Waals surface area contributed by atoms with Crippen LogP contribution in [0.3, 0.4) is 0 Å². The molecule has 1 atom stereocenters. The van der Waals surface area contributed by atoms with Gasteiger partial charge in [-0.2, -0.15) is 8.42 Å². The van der Waals surface area contributed by atoms with Gasteiger partial charge in [0.25, 0.3) is 0 Å². The van der Waals surface area contributed by atoms with Crippen molar-refractivity contribution in [2.75, 3.05) is 4.72 Å². The molecular weight excluding hydrogens is 254 g/mol. The molecule has 0 aromatic heterocycles. The first-order valence-electron chi connectivity index (χ1n) is 5.23. The Balaban J connectivity index is 2.08. The molecule has 0 fully saturated rings. The summed E-state index contributed by atoms with van der Waals surface area (Å²) in [4.78, 5) is 0. The lowest BCUT2D eigenvalue weighted by atomic mass is 10.3. The van der Waals surface area contributed by atoms with Crippen molar-refractivity contribution in [2.45, 2.75) is 6.23 Å². The van der Waals surface area contributed by atoms with Crippen molar-refractivity contribution in [3.63, 3.8) is 0 Å². The van der Waals surface area contributed by atoms with E-state index in [1.54, 1.807) is 36.4 Å². The highest BCUT2D eigenvalue weighted by Crippen LogP contribution is 2.09. The zero-order valence-electron chi connectivity index (χ0n) is 9.37. The minimum Gasteiger partial charge on any atom is -0.368 e. The number of aliphatic hydroxyl groups is 1. The summed E-state index contributed by atoms with van der Waals surface area (Å²) < 4.78 is 28.2. The number of nitrogens with one attached hydrogen (secondary N) is 3. The van der Waals surface area contributed by atoms with Crippen molar-refractivity contribution >= 4 is 15.9 Å². The maximum Gasteiger partial charge on any atom is 0.321 e. The predicted octanol–water partition coefficient (Wildman–Crippen LogP) is 0.252. The van der Waals surface area contributed by atoms with E-state index >= 15 is 0 Å². The monoisotopic (exact) mass is 267 g/mol. The van der Waals surface area contributed by atoms with Gasteiger partial charge in [0, 0.05) is 0 Å². The quantitative estimate of drug-likeness (QED) is 0.629. The molecule has 4 N–H and O–H groups in total. The van der Waals surface area contributed by atoms with E-state index in [9.17, 15) is 13.5 Å². The number of dihydropyridines is 1. The van der Waals surface area contributed by atoms with Crippen LogP contribution in [-0.4, -0.2) is 19.8 Å². The SMILES string of the molecule is O=S(=O)(NC1=CC=CNC1O)Nc1ccccc1. The largest absolute Gasteiger partial charge is 0.368 e. The Hall–Kier alpha value is -1.99. The van der Waals surface area contributed by atoms with Gasteiger partial charge in [-0.05, 0) is 30.5 Å².